The first kappa shape index (κ1) is 12.6. The third kappa shape index (κ3) is 3.53. The second-order valence-electron chi connectivity index (χ2n) is 3.99. The van der Waals surface area contributed by atoms with Crippen LogP contribution in [0, 0.1) is 6.57 Å². The topological polar surface area (TPSA) is 22.8 Å². The number of benzene rings is 1. The number of halogens is 1. The van der Waals surface area contributed by atoms with E-state index in [9.17, 15) is 0 Å². The van der Waals surface area contributed by atoms with Gasteiger partial charge in [0.1, 0.15) is 0 Å². The molecule has 0 spiro atoms. The lowest BCUT2D eigenvalue weighted by atomic mass is 10.2. The van der Waals surface area contributed by atoms with E-state index in [2.05, 4.69) is 20.8 Å². The Hall–Kier alpha value is -0.890. The Kier molecular flexibility index (Phi) is 4.55. The Morgan fingerprint density at radius 3 is 3.00 bits per heavy atom. The van der Waals surface area contributed by atoms with Gasteiger partial charge in [0.2, 0.25) is 0 Å². The summed E-state index contributed by atoms with van der Waals surface area (Å²) >= 11 is 3.45. The molecule has 1 aromatic carbocycles. The molecule has 0 aromatic heterocycles. The second kappa shape index (κ2) is 6.15. The van der Waals surface area contributed by atoms with Crippen LogP contribution >= 0.6 is 15.9 Å². The predicted molar refractivity (Wildman–Crippen MR) is 68.8 cm³/mol. The summed E-state index contributed by atoms with van der Waals surface area (Å²) in [5.41, 5.74) is 1.68. The Morgan fingerprint density at radius 1 is 1.47 bits per heavy atom. The third-order valence-electron chi connectivity index (χ3n) is 2.73. The van der Waals surface area contributed by atoms with Crippen LogP contribution in [-0.2, 0) is 16.1 Å². The van der Waals surface area contributed by atoms with Crippen molar-refractivity contribution in [2.24, 2.45) is 0 Å². The van der Waals surface area contributed by atoms with E-state index in [4.69, 9.17) is 16.0 Å². The first-order chi connectivity index (χ1) is 8.29. The Bertz CT molecular complexity index is 422. The number of rotatable bonds is 3. The monoisotopic (exact) mass is 295 g/mol. The molecule has 0 N–H and O–H groups in total. The Morgan fingerprint density at radius 2 is 2.35 bits per heavy atom. The molecule has 0 aliphatic carbocycles. The summed E-state index contributed by atoms with van der Waals surface area (Å²) < 4.78 is 12.1. The van der Waals surface area contributed by atoms with Gasteiger partial charge in [0.15, 0.2) is 12.0 Å². The van der Waals surface area contributed by atoms with Crippen molar-refractivity contribution in [1.82, 2.24) is 0 Å². The Labute approximate surface area is 110 Å². The number of ether oxygens (including phenoxy) is 2. The van der Waals surface area contributed by atoms with Crippen molar-refractivity contribution in [3.05, 3.63) is 39.7 Å². The van der Waals surface area contributed by atoms with Crippen LogP contribution in [0.25, 0.3) is 4.85 Å². The molecule has 2 rings (SSSR count). The van der Waals surface area contributed by atoms with Crippen LogP contribution < -0.4 is 0 Å². The van der Waals surface area contributed by atoms with Gasteiger partial charge in [0.05, 0.1) is 13.2 Å². The summed E-state index contributed by atoms with van der Waals surface area (Å²) in [5.74, 6) is 0. The molecule has 1 fully saturated rings. The van der Waals surface area contributed by atoms with E-state index in [-0.39, 0.29) is 6.29 Å². The molecule has 90 valence electrons. The van der Waals surface area contributed by atoms with E-state index in [1.165, 1.54) is 6.42 Å². The van der Waals surface area contributed by atoms with E-state index in [1.54, 1.807) is 6.07 Å². The van der Waals surface area contributed by atoms with Crippen molar-refractivity contribution in [2.45, 2.75) is 32.2 Å². The van der Waals surface area contributed by atoms with Gasteiger partial charge >= 0.3 is 0 Å². The zero-order valence-corrected chi connectivity index (χ0v) is 11.1. The normalized spacial score (nSPS) is 19.9. The number of hydrogen-bond acceptors (Lipinski definition) is 2. The molecule has 0 bridgehead atoms. The van der Waals surface area contributed by atoms with E-state index >= 15 is 0 Å². The average molecular weight is 296 g/mol. The van der Waals surface area contributed by atoms with E-state index < -0.39 is 0 Å². The highest BCUT2D eigenvalue weighted by Crippen LogP contribution is 2.25. The summed E-state index contributed by atoms with van der Waals surface area (Å²) in [6.07, 6.45) is 3.19. The lowest BCUT2D eigenvalue weighted by molar-refractivity contribution is -0.169. The zero-order valence-electron chi connectivity index (χ0n) is 9.49. The minimum absolute atomic E-state index is 0.0730. The van der Waals surface area contributed by atoms with Gasteiger partial charge < -0.3 is 9.47 Å². The number of hydrogen-bond donors (Lipinski definition) is 0. The minimum atomic E-state index is -0.0730. The average Bonchev–Trinajstić information content (AvgIpc) is 2.38. The number of nitrogens with zero attached hydrogens (tertiary/aromatic N) is 1. The maximum absolute atomic E-state index is 6.93. The summed E-state index contributed by atoms with van der Waals surface area (Å²) in [6.45, 7) is 8.24. The van der Waals surface area contributed by atoms with Gasteiger partial charge in [0.25, 0.3) is 0 Å². The fraction of sp³-hybridized carbons (Fsp3) is 0.462. The zero-order chi connectivity index (χ0) is 12.1. The SMILES string of the molecule is [C-]#[N+]c1ccc(COC2CCCCO2)c(Br)c1. The molecule has 3 nitrogen and oxygen atoms in total. The third-order valence-corrected chi connectivity index (χ3v) is 3.47. The van der Waals surface area contributed by atoms with Crippen molar-refractivity contribution in [1.29, 1.82) is 0 Å². The highest BCUT2D eigenvalue weighted by Gasteiger charge is 2.14. The minimum Gasteiger partial charge on any atom is -0.353 e. The first-order valence-electron chi connectivity index (χ1n) is 5.68. The van der Waals surface area contributed by atoms with Gasteiger partial charge in [0, 0.05) is 11.1 Å². The maximum Gasteiger partial charge on any atom is 0.188 e. The highest BCUT2D eigenvalue weighted by molar-refractivity contribution is 9.10. The van der Waals surface area contributed by atoms with Crippen molar-refractivity contribution in [3.8, 4) is 0 Å². The van der Waals surface area contributed by atoms with Crippen LogP contribution in [0.15, 0.2) is 22.7 Å². The molecule has 4 heteroatoms. The molecule has 0 radical (unpaired) electrons. The van der Waals surface area contributed by atoms with E-state index in [1.807, 2.05) is 12.1 Å². The molecule has 1 aliphatic rings. The lowest BCUT2D eigenvalue weighted by Crippen LogP contribution is -2.22. The van der Waals surface area contributed by atoms with Gasteiger partial charge in [-0.3, -0.25) is 0 Å². The van der Waals surface area contributed by atoms with Crippen LogP contribution in [0.2, 0.25) is 0 Å². The van der Waals surface area contributed by atoms with Crippen molar-refractivity contribution < 1.29 is 9.47 Å². The van der Waals surface area contributed by atoms with Gasteiger partial charge in [-0.2, -0.15) is 0 Å². The Balaban J connectivity index is 1.92. The molecule has 0 saturated carbocycles. The van der Waals surface area contributed by atoms with Crippen molar-refractivity contribution in [3.63, 3.8) is 0 Å². The lowest BCUT2D eigenvalue weighted by Gasteiger charge is -2.22. The molecular weight excluding hydrogens is 282 g/mol. The molecule has 1 atom stereocenters. The van der Waals surface area contributed by atoms with Crippen molar-refractivity contribution >= 4 is 21.6 Å². The quantitative estimate of drug-likeness (QED) is 0.786. The molecule has 1 aromatic rings. The van der Waals surface area contributed by atoms with Crippen molar-refractivity contribution in [2.75, 3.05) is 6.61 Å². The molecule has 1 aliphatic heterocycles. The molecule has 1 unspecified atom stereocenters. The first-order valence-corrected chi connectivity index (χ1v) is 6.48. The molecular formula is C13H14BrNO2. The predicted octanol–water partition coefficient (Wildman–Crippen LogP) is 4.04. The fourth-order valence-corrected chi connectivity index (χ4v) is 2.23. The molecule has 0 amide bonds. The molecule has 1 saturated heterocycles. The standard InChI is InChI=1S/C13H14BrNO2/c1-15-11-6-5-10(12(14)8-11)9-17-13-4-2-3-7-16-13/h5-6,8,13H,2-4,7,9H2. The molecule has 1 heterocycles. The van der Waals surface area contributed by atoms with Crippen LogP contribution in [0.3, 0.4) is 0 Å². The molecule has 17 heavy (non-hydrogen) atoms. The maximum atomic E-state index is 6.93. The van der Waals surface area contributed by atoms with Gasteiger partial charge in [-0.15, -0.1) is 0 Å². The smallest absolute Gasteiger partial charge is 0.188 e. The van der Waals surface area contributed by atoms with E-state index in [0.29, 0.717) is 12.3 Å². The van der Waals surface area contributed by atoms with Crippen LogP contribution in [0.1, 0.15) is 24.8 Å². The summed E-state index contributed by atoms with van der Waals surface area (Å²) in [7, 11) is 0. The van der Waals surface area contributed by atoms with Gasteiger partial charge in [-0.25, -0.2) is 4.85 Å². The summed E-state index contributed by atoms with van der Waals surface area (Å²) in [6, 6.07) is 5.53. The fourth-order valence-electron chi connectivity index (χ4n) is 1.75. The van der Waals surface area contributed by atoms with Crippen LogP contribution in [0.4, 0.5) is 5.69 Å². The summed E-state index contributed by atoms with van der Waals surface area (Å²) in [4.78, 5) is 3.38. The van der Waals surface area contributed by atoms with Gasteiger partial charge in [-0.05, 0) is 30.9 Å². The van der Waals surface area contributed by atoms with Crippen LogP contribution in [-0.4, -0.2) is 12.9 Å². The van der Waals surface area contributed by atoms with E-state index in [0.717, 1.165) is 29.5 Å². The second-order valence-corrected chi connectivity index (χ2v) is 4.85. The van der Waals surface area contributed by atoms with Crippen LogP contribution in [0.5, 0.6) is 0 Å². The summed E-state index contributed by atoms with van der Waals surface area (Å²) in [5, 5.41) is 0. The van der Waals surface area contributed by atoms with Gasteiger partial charge in [-0.1, -0.05) is 28.1 Å². The highest BCUT2D eigenvalue weighted by atomic mass is 79.9. The largest absolute Gasteiger partial charge is 0.353 e.